The molecule has 0 unspecified atom stereocenters. The van der Waals surface area contributed by atoms with E-state index < -0.39 is 6.08 Å². The molecule has 6 nitrogen and oxygen atoms in total. The van der Waals surface area contributed by atoms with Crippen molar-refractivity contribution in [2.75, 3.05) is 5.73 Å². The first kappa shape index (κ1) is 9.33. The van der Waals surface area contributed by atoms with Crippen molar-refractivity contribution in [2.45, 2.75) is 13.0 Å². The van der Waals surface area contributed by atoms with Crippen molar-refractivity contribution in [1.29, 1.82) is 5.26 Å². The van der Waals surface area contributed by atoms with Crippen LogP contribution in [-0.4, -0.2) is 19.5 Å². The van der Waals surface area contributed by atoms with Crippen molar-refractivity contribution in [3.63, 3.8) is 0 Å². The van der Waals surface area contributed by atoms with Crippen LogP contribution in [0, 0.1) is 17.4 Å². The fourth-order valence-electron chi connectivity index (χ4n) is 1.27. The molecular weight excluding hydrogens is 199 g/mol. The van der Waals surface area contributed by atoms with Crippen LogP contribution < -0.4 is 5.73 Å². The summed E-state index contributed by atoms with van der Waals surface area (Å²) in [6, 6.07) is 1.98. The number of aromatic nitrogens is 4. The summed E-state index contributed by atoms with van der Waals surface area (Å²) < 4.78 is 14.4. The third-order valence-electron chi connectivity index (χ3n) is 1.93. The zero-order chi connectivity index (χ0) is 10.8. The summed E-state index contributed by atoms with van der Waals surface area (Å²) in [5.74, 6) is 0.00760. The highest BCUT2D eigenvalue weighted by Gasteiger charge is 2.10. The Morgan fingerprint density at radius 3 is 3.07 bits per heavy atom. The Kier molecular flexibility index (Phi) is 2.17. The van der Waals surface area contributed by atoms with Gasteiger partial charge in [0, 0.05) is 6.54 Å². The fraction of sp³-hybridized carbons (Fsp3) is 0.250. The second-order valence-corrected chi connectivity index (χ2v) is 2.90. The smallest absolute Gasteiger partial charge is 0.312 e. The Bertz CT molecular complexity index is 540. The van der Waals surface area contributed by atoms with Gasteiger partial charge in [-0.15, -0.1) is 0 Å². The molecule has 0 bridgehead atoms. The third kappa shape index (κ3) is 1.57. The number of aryl methyl sites for hydroxylation is 1. The number of fused-ring (bicyclic) bond motifs is 1. The molecule has 2 N–H and O–H groups in total. The lowest BCUT2D eigenvalue weighted by molar-refractivity contribution is 0.543. The van der Waals surface area contributed by atoms with Crippen LogP contribution in [0.3, 0.4) is 0 Å². The Hall–Kier alpha value is -2.23. The van der Waals surface area contributed by atoms with Crippen LogP contribution in [-0.2, 0) is 6.54 Å². The zero-order valence-electron chi connectivity index (χ0n) is 7.68. The van der Waals surface area contributed by atoms with Gasteiger partial charge >= 0.3 is 6.08 Å². The van der Waals surface area contributed by atoms with Gasteiger partial charge in [0.05, 0.1) is 18.8 Å². The highest BCUT2D eigenvalue weighted by molar-refractivity contribution is 5.81. The van der Waals surface area contributed by atoms with Gasteiger partial charge in [-0.25, -0.2) is 4.98 Å². The van der Waals surface area contributed by atoms with E-state index in [1.165, 1.54) is 6.33 Å². The minimum atomic E-state index is -0.890. The predicted octanol–water partition coefficient (Wildman–Crippen LogP) is 0.461. The van der Waals surface area contributed by atoms with Gasteiger partial charge in [-0.3, -0.25) is 0 Å². The number of hydrogen-bond acceptors (Lipinski definition) is 5. The van der Waals surface area contributed by atoms with Gasteiger partial charge in [-0.05, 0) is 0 Å². The summed E-state index contributed by atoms with van der Waals surface area (Å²) in [4.78, 5) is 10.9. The molecule has 0 saturated carbocycles. The molecular formula is C8H7FN6. The summed E-state index contributed by atoms with van der Waals surface area (Å²) in [6.07, 6.45) is 0.877. The van der Waals surface area contributed by atoms with Crippen molar-refractivity contribution in [3.05, 3.63) is 12.4 Å². The maximum absolute atomic E-state index is 12.9. The first-order chi connectivity index (χ1) is 7.22. The van der Waals surface area contributed by atoms with Crippen molar-refractivity contribution >= 4 is 17.0 Å². The lowest BCUT2D eigenvalue weighted by Crippen LogP contribution is -2.02. The van der Waals surface area contributed by atoms with E-state index in [0.717, 1.165) is 0 Å². The highest BCUT2D eigenvalue weighted by Crippen LogP contribution is 2.15. The Morgan fingerprint density at radius 1 is 1.53 bits per heavy atom. The molecule has 0 aliphatic heterocycles. The van der Waals surface area contributed by atoms with Crippen LogP contribution in [0.2, 0.25) is 0 Å². The third-order valence-corrected chi connectivity index (χ3v) is 1.93. The predicted molar refractivity (Wildman–Crippen MR) is 49.9 cm³/mol. The molecule has 0 aliphatic rings. The molecule has 0 atom stereocenters. The van der Waals surface area contributed by atoms with Crippen LogP contribution in [0.1, 0.15) is 6.42 Å². The first-order valence-corrected chi connectivity index (χ1v) is 4.23. The van der Waals surface area contributed by atoms with Crippen LogP contribution in [0.25, 0.3) is 11.2 Å². The Balaban J connectivity index is 2.54. The van der Waals surface area contributed by atoms with Crippen molar-refractivity contribution in [2.24, 2.45) is 0 Å². The number of anilines is 1. The number of nitrogens with two attached hydrogens (primary N) is 1. The minimum absolute atomic E-state index is 0.00760. The van der Waals surface area contributed by atoms with Crippen molar-refractivity contribution < 1.29 is 4.39 Å². The Labute approximate surface area is 84.2 Å². The van der Waals surface area contributed by atoms with Gasteiger partial charge in [0.25, 0.3) is 0 Å². The fourth-order valence-corrected chi connectivity index (χ4v) is 1.27. The van der Waals surface area contributed by atoms with E-state index in [2.05, 4.69) is 15.0 Å². The quantitative estimate of drug-likeness (QED) is 0.720. The Morgan fingerprint density at radius 2 is 2.33 bits per heavy atom. The van der Waals surface area contributed by atoms with E-state index in [1.54, 1.807) is 4.57 Å². The van der Waals surface area contributed by atoms with E-state index >= 15 is 0 Å². The van der Waals surface area contributed by atoms with Crippen LogP contribution >= 0.6 is 0 Å². The molecule has 0 spiro atoms. The zero-order valence-corrected chi connectivity index (χ0v) is 7.68. The second kappa shape index (κ2) is 3.49. The molecule has 0 fully saturated rings. The maximum Gasteiger partial charge on any atom is 0.312 e. The summed E-state index contributed by atoms with van der Waals surface area (Å²) in [5, 5.41) is 8.43. The molecule has 7 heteroatoms. The standard InChI is InChI=1S/C8H7FN6/c9-8-13-6(11)5-7(14-8)15(4-12-5)3-1-2-10/h4H,1,3H2,(H2,11,13,14). The molecule has 2 aromatic rings. The molecule has 2 aromatic heterocycles. The lowest BCUT2D eigenvalue weighted by Gasteiger charge is -1.99. The first-order valence-electron chi connectivity index (χ1n) is 4.23. The minimum Gasteiger partial charge on any atom is -0.382 e. The number of imidazole rings is 1. The van der Waals surface area contributed by atoms with Crippen LogP contribution in [0.4, 0.5) is 10.2 Å². The molecule has 2 heterocycles. The van der Waals surface area contributed by atoms with Gasteiger partial charge < -0.3 is 10.3 Å². The average molecular weight is 206 g/mol. The van der Waals surface area contributed by atoms with Crippen LogP contribution in [0.5, 0.6) is 0 Å². The number of nitriles is 1. The normalized spacial score (nSPS) is 10.4. The molecule has 0 aromatic carbocycles. The molecule has 0 aliphatic carbocycles. The van der Waals surface area contributed by atoms with Crippen LogP contribution in [0.15, 0.2) is 6.33 Å². The maximum atomic E-state index is 12.9. The second-order valence-electron chi connectivity index (χ2n) is 2.90. The van der Waals surface area contributed by atoms with Gasteiger partial charge in [0.2, 0.25) is 0 Å². The summed E-state index contributed by atoms with van der Waals surface area (Å²) in [7, 11) is 0. The van der Waals surface area contributed by atoms with Gasteiger partial charge in [0.15, 0.2) is 11.5 Å². The summed E-state index contributed by atoms with van der Waals surface area (Å²) in [6.45, 7) is 0.406. The van der Waals surface area contributed by atoms with Crippen molar-refractivity contribution in [3.8, 4) is 6.07 Å². The number of rotatable bonds is 2. The monoisotopic (exact) mass is 206 g/mol. The van der Waals surface area contributed by atoms with Gasteiger partial charge in [-0.2, -0.15) is 19.6 Å². The van der Waals surface area contributed by atoms with E-state index in [9.17, 15) is 4.39 Å². The number of nitrogens with zero attached hydrogens (tertiary/aromatic N) is 5. The molecule has 15 heavy (non-hydrogen) atoms. The van der Waals surface area contributed by atoms with E-state index in [-0.39, 0.29) is 5.82 Å². The summed E-state index contributed by atoms with van der Waals surface area (Å²) >= 11 is 0. The van der Waals surface area contributed by atoms with E-state index in [4.69, 9.17) is 11.0 Å². The number of halogens is 1. The van der Waals surface area contributed by atoms with E-state index in [0.29, 0.717) is 24.1 Å². The lowest BCUT2D eigenvalue weighted by atomic mass is 10.4. The van der Waals surface area contributed by atoms with Gasteiger partial charge in [0.1, 0.15) is 5.52 Å². The molecule has 76 valence electrons. The van der Waals surface area contributed by atoms with Crippen molar-refractivity contribution in [1.82, 2.24) is 19.5 Å². The summed E-state index contributed by atoms with van der Waals surface area (Å²) in [5.41, 5.74) is 6.14. The number of hydrogen-bond donors (Lipinski definition) is 1. The molecule has 0 saturated heterocycles. The molecule has 0 radical (unpaired) electrons. The molecule has 2 rings (SSSR count). The SMILES string of the molecule is N#CCCn1cnc2c(N)nc(F)nc21. The molecule has 0 amide bonds. The topological polar surface area (TPSA) is 93.4 Å². The number of nitrogen functional groups attached to an aromatic ring is 1. The average Bonchev–Trinajstić information content (AvgIpc) is 2.58. The van der Waals surface area contributed by atoms with E-state index in [1.807, 2.05) is 6.07 Å². The van der Waals surface area contributed by atoms with Gasteiger partial charge in [-0.1, -0.05) is 0 Å². The highest BCUT2D eigenvalue weighted by atomic mass is 19.1. The largest absolute Gasteiger partial charge is 0.382 e.